The van der Waals surface area contributed by atoms with Crippen LogP contribution in [0.15, 0.2) is 12.1 Å². The molecule has 0 atom stereocenters. The number of hydrogen-bond donors (Lipinski definition) is 3. The van der Waals surface area contributed by atoms with Crippen LogP contribution in [0.1, 0.15) is 19.4 Å². The van der Waals surface area contributed by atoms with Gasteiger partial charge in [-0.25, -0.2) is 0 Å². The lowest BCUT2D eigenvalue weighted by molar-refractivity contribution is -0.120. The molecule has 0 fully saturated rings. The third kappa shape index (κ3) is 4.72. The molecule has 1 rings (SSSR count). The Hall–Kier alpha value is -0.970. The highest BCUT2D eigenvalue weighted by atomic mass is 35.5. The fourth-order valence-electron chi connectivity index (χ4n) is 1.44. The summed E-state index contributed by atoms with van der Waals surface area (Å²) in [5.74, 6) is -0.115. The molecule has 4 nitrogen and oxygen atoms in total. The van der Waals surface area contributed by atoms with Crippen LogP contribution in [-0.4, -0.2) is 23.6 Å². The Bertz CT molecular complexity index is 436. The minimum absolute atomic E-state index is 0.0159. The van der Waals surface area contributed by atoms with Gasteiger partial charge in [0.2, 0.25) is 5.91 Å². The van der Waals surface area contributed by atoms with Gasteiger partial charge in [-0.3, -0.25) is 4.79 Å². The SMILES string of the molecule is CC(C)NC(=O)CNCc1cc(Cl)cc(Cl)c1O. The molecule has 1 aromatic carbocycles. The summed E-state index contributed by atoms with van der Waals surface area (Å²) < 4.78 is 0. The Kier molecular flexibility index (Phi) is 5.72. The first-order valence-corrected chi connectivity index (χ1v) is 6.32. The monoisotopic (exact) mass is 290 g/mol. The van der Waals surface area contributed by atoms with E-state index in [0.717, 1.165) is 0 Å². The lowest BCUT2D eigenvalue weighted by atomic mass is 10.2. The molecular formula is C12H16Cl2N2O2. The van der Waals surface area contributed by atoms with Crippen LogP contribution in [0.5, 0.6) is 5.75 Å². The van der Waals surface area contributed by atoms with Crippen LogP contribution in [0.3, 0.4) is 0 Å². The summed E-state index contributed by atoms with van der Waals surface area (Å²) in [7, 11) is 0. The molecule has 0 saturated carbocycles. The number of aromatic hydroxyl groups is 1. The summed E-state index contributed by atoms with van der Waals surface area (Å²) >= 11 is 11.6. The van der Waals surface area contributed by atoms with Gasteiger partial charge in [-0.15, -0.1) is 0 Å². The zero-order valence-electron chi connectivity index (χ0n) is 10.3. The van der Waals surface area contributed by atoms with Gasteiger partial charge in [0.15, 0.2) is 0 Å². The largest absolute Gasteiger partial charge is 0.506 e. The van der Waals surface area contributed by atoms with Crippen molar-refractivity contribution >= 4 is 29.1 Å². The molecule has 1 aromatic rings. The van der Waals surface area contributed by atoms with Gasteiger partial charge in [0.25, 0.3) is 0 Å². The second kappa shape index (κ2) is 6.83. The predicted octanol–water partition coefficient (Wildman–Crippen LogP) is 2.31. The molecular weight excluding hydrogens is 275 g/mol. The Morgan fingerprint density at radius 3 is 2.67 bits per heavy atom. The highest BCUT2D eigenvalue weighted by Gasteiger charge is 2.08. The van der Waals surface area contributed by atoms with Crippen LogP contribution < -0.4 is 10.6 Å². The van der Waals surface area contributed by atoms with E-state index in [9.17, 15) is 9.90 Å². The molecule has 0 saturated heterocycles. The first kappa shape index (κ1) is 15.1. The van der Waals surface area contributed by atoms with Crippen LogP contribution in [0.4, 0.5) is 0 Å². The molecule has 0 aromatic heterocycles. The zero-order chi connectivity index (χ0) is 13.7. The highest BCUT2D eigenvalue weighted by Crippen LogP contribution is 2.30. The van der Waals surface area contributed by atoms with Crippen LogP contribution in [0.2, 0.25) is 10.0 Å². The maximum absolute atomic E-state index is 11.4. The Morgan fingerprint density at radius 1 is 1.39 bits per heavy atom. The van der Waals surface area contributed by atoms with E-state index in [4.69, 9.17) is 23.2 Å². The van der Waals surface area contributed by atoms with Gasteiger partial charge in [-0.05, 0) is 26.0 Å². The first-order valence-electron chi connectivity index (χ1n) is 5.57. The van der Waals surface area contributed by atoms with Crippen LogP contribution in [0.25, 0.3) is 0 Å². The average Bonchev–Trinajstić information content (AvgIpc) is 2.23. The van der Waals surface area contributed by atoms with Gasteiger partial charge in [0.05, 0.1) is 11.6 Å². The van der Waals surface area contributed by atoms with Gasteiger partial charge in [0, 0.05) is 23.2 Å². The number of nitrogens with one attached hydrogen (secondary N) is 2. The van der Waals surface area contributed by atoms with E-state index >= 15 is 0 Å². The van der Waals surface area contributed by atoms with Crippen molar-refractivity contribution in [3.8, 4) is 5.75 Å². The molecule has 6 heteroatoms. The standard InChI is InChI=1S/C12H16Cl2N2O2/c1-7(2)16-11(17)6-15-5-8-3-9(13)4-10(14)12(8)18/h3-4,7,15,18H,5-6H2,1-2H3,(H,16,17). The summed E-state index contributed by atoms with van der Waals surface area (Å²) in [5, 5.41) is 16.0. The third-order valence-corrected chi connectivity index (χ3v) is 2.66. The second-order valence-electron chi connectivity index (χ2n) is 4.22. The fraction of sp³-hybridized carbons (Fsp3) is 0.417. The normalized spacial score (nSPS) is 10.7. The number of carbonyl (C=O) groups is 1. The lowest BCUT2D eigenvalue weighted by Gasteiger charge is -2.10. The molecule has 0 bridgehead atoms. The molecule has 0 radical (unpaired) electrons. The number of amides is 1. The molecule has 0 aliphatic rings. The quantitative estimate of drug-likeness (QED) is 0.780. The zero-order valence-corrected chi connectivity index (χ0v) is 11.8. The molecule has 0 aliphatic heterocycles. The topological polar surface area (TPSA) is 61.4 Å². The Morgan fingerprint density at radius 2 is 2.06 bits per heavy atom. The number of carbonyl (C=O) groups excluding carboxylic acids is 1. The van der Waals surface area contributed by atoms with Crippen molar-refractivity contribution in [1.82, 2.24) is 10.6 Å². The summed E-state index contributed by atoms with van der Waals surface area (Å²) in [6, 6.07) is 3.18. The number of phenolic OH excluding ortho intramolecular Hbond substituents is 1. The maximum Gasteiger partial charge on any atom is 0.234 e. The highest BCUT2D eigenvalue weighted by molar-refractivity contribution is 6.35. The molecule has 0 unspecified atom stereocenters. The number of hydrogen-bond acceptors (Lipinski definition) is 3. The van der Waals surface area contributed by atoms with Crippen LogP contribution in [-0.2, 0) is 11.3 Å². The number of benzene rings is 1. The van der Waals surface area contributed by atoms with E-state index < -0.39 is 0 Å². The number of rotatable bonds is 5. The molecule has 1 amide bonds. The molecule has 0 spiro atoms. The van der Waals surface area contributed by atoms with E-state index in [0.29, 0.717) is 17.1 Å². The summed E-state index contributed by atoms with van der Waals surface area (Å²) in [4.78, 5) is 11.4. The van der Waals surface area contributed by atoms with Crippen molar-refractivity contribution in [2.75, 3.05) is 6.54 Å². The molecule has 3 N–H and O–H groups in total. The lowest BCUT2D eigenvalue weighted by Crippen LogP contribution is -2.37. The van der Waals surface area contributed by atoms with E-state index in [1.165, 1.54) is 6.07 Å². The molecule has 0 heterocycles. The van der Waals surface area contributed by atoms with E-state index in [2.05, 4.69) is 10.6 Å². The Balaban J connectivity index is 2.52. The van der Waals surface area contributed by atoms with Gasteiger partial charge >= 0.3 is 0 Å². The van der Waals surface area contributed by atoms with Crippen molar-refractivity contribution < 1.29 is 9.90 Å². The Labute approximate surface area is 116 Å². The van der Waals surface area contributed by atoms with Gasteiger partial charge in [-0.1, -0.05) is 23.2 Å². The summed E-state index contributed by atoms with van der Waals surface area (Å²) in [6.45, 7) is 4.26. The van der Waals surface area contributed by atoms with E-state index in [-0.39, 0.29) is 29.3 Å². The predicted molar refractivity (Wildman–Crippen MR) is 73.1 cm³/mol. The van der Waals surface area contributed by atoms with E-state index in [1.807, 2.05) is 13.8 Å². The summed E-state index contributed by atoms with van der Waals surface area (Å²) in [6.07, 6.45) is 0. The maximum atomic E-state index is 11.4. The number of phenols is 1. The molecule has 18 heavy (non-hydrogen) atoms. The minimum atomic E-state index is -0.0994. The van der Waals surface area contributed by atoms with Crippen molar-refractivity contribution in [1.29, 1.82) is 0 Å². The fourth-order valence-corrected chi connectivity index (χ4v) is 1.97. The summed E-state index contributed by atoms with van der Waals surface area (Å²) in [5.41, 5.74) is 0.560. The van der Waals surface area contributed by atoms with Gasteiger partial charge < -0.3 is 15.7 Å². The minimum Gasteiger partial charge on any atom is -0.506 e. The first-order chi connectivity index (χ1) is 8.40. The van der Waals surface area contributed by atoms with Crippen molar-refractivity contribution in [2.45, 2.75) is 26.4 Å². The van der Waals surface area contributed by atoms with Gasteiger partial charge in [0.1, 0.15) is 5.75 Å². The van der Waals surface area contributed by atoms with Gasteiger partial charge in [-0.2, -0.15) is 0 Å². The van der Waals surface area contributed by atoms with Crippen molar-refractivity contribution in [3.05, 3.63) is 27.7 Å². The molecule has 100 valence electrons. The smallest absolute Gasteiger partial charge is 0.234 e. The van der Waals surface area contributed by atoms with Crippen molar-refractivity contribution in [3.63, 3.8) is 0 Å². The third-order valence-electron chi connectivity index (χ3n) is 2.16. The van der Waals surface area contributed by atoms with Crippen LogP contribution in [0, 0.1) is 0 Å². The van der Waals surface area contributed by atoms with Crippen molar-refractivity contribution in [2.24, 2.45) is 0 Å². The second-order valence-corrected chi connectivity index (χ2v) is 5.06. The number of halogens is 2. The van der Waals surface area contributed by atoms with Crippen LogP contribution >= 0.6 is 23.2 Å². The average molecular weight is 291 g/mol. The molecule has 0 aliphatic carbocycles. The van der Waals surface area contributed by atoms with E-state index in [1.54, 1.807) is 6.07 Å².